The second-order valence-corrected chi connectivity index (χ2v) is 7.02. The zero-order valence-electron chi connectivity index (χ0n) is 16.3. The number of nitrogens with one attached hydrogen (secondary N) is 1. The lowest BCUT2D eigenvalue weighted by Gasteiger charge is -2.27. The maximum Gasteiger partial charge on any atom is 0.407 e. The molecule has 156 valence electrons. The molecule has 7 heteroatoms. The summed E-state index contributed by atoms with van der Waals surface area (Å²) in [5, 5.41) is 23.2. The molecule has 0 heterocycles. The lowest BCUT2D eigenvalue weighted by Crippen LogP contribution is -2.49. The Morgan fingerprint density at radius 3 is 1.93 bits per heavy atom. The number of aliphatic hydroxyl groups excluding tert-OH is 2. The number of aliphatic hydroxyl groups is 2. The summed E-state index contributed by atoms with van der Waals surface area (Å²) in [7, 11) is 1.25. The Hall–Kier alpha value is -2.45. The molecule has 1 fully saturated rings. The summed E-state index contributed by atoms with van der Waals surface area (Å²) in [6.45, 7) is 0.275. The highest BCUT2D eigenvalue weighted by Crippen LogP contribution is 2.33. The number of alkyl carbamates (subject to hydrolysis) is 1. The Morgan fingerprint density at radius 2 is 1.45 bits per heavy atom. The van der Waals surface area contributed by atoms with Crippen LogP contribution >= 0.6 is 0 Å². The second kappa shape index (κ2) is 10.4. The van der Waals surface area contributed by atoms with Crippen LogP contribution in [0.5, 0.6) is 0 Å². The van der Waals surface area contributed by atoms with Crippen LogP contribution in [0.4, 0.5) is 4.79 Å². The first kappa shape index (κ1) is 21.3. The lowest BCUT2D eigenvalue weighted by atomic mass is 10.0. The molecule has 3 rings (SSSR count). The van der Waals surface area contributed by atoms with Crippen molar-refractivity contribution < 1.29 is 29.2 Å². The minimum Gasteiger partial charge on any atom is -0.453 e. The molecule has 0 radical (unpaired) electrons. The maximum atomic E-state index is 11.8. The molecule has 5 atom stereocenters. The van der Waals surface area contributed by atoms with Gasteiger partial charge in [-0.15, -0.1) is 0 Å². The van der Waals surface area contributed by atoms with Crippen LogP contribution in [0.2, 0.25) is 0 Å². The number of hydrogen-bond acceptors (Lipinski definition) is 6. The van der Waals surface area contributed by atoms with Gasteiger partial charge in [-0.25, -0.2) is 4.79 Å². The molecule has 0 aliphatic heterocycles. The molecule has 7 nitrogen and oxygen atoms in total. The third kappa shape index (κ3) is 5.33. The van der Waals surface area contributed by atoms with Gasteiger partial charge in [-0.05, 0) is 11.1 Å². The summed E-state index contributed by atoms with van der Waals surface area (Å²) < 4.78 is 16.8. The normalized spacial score (nSPS) is 26.2. The number of carbonyl (C=O) groups is 1. The van der Waals surface area contributed by atoms with Gasteiger partial charge in [0.2, 0.25) is 0 Å². The highest BCUT2D eigenvalue weighted by atomic mass is 16.6. The molecule has 0 aromatic heterocycles. The fraction of sp³-hybridized carbons (Fsp3) is 0.409. The Morgan fingerprint density at radius 1 is 0.931 bits per heavy atom. The zero-order valence-corrected chi connectivity index (χ0v) is 16.3. The third-order valence-corrected chi connectivity index (χ3v) is 5.16. The molecule has 1 aliphatic rings. The molecule has 29 heavy (non-hydrogen) atoms. The van der Waals surface area contributed by atoms with E-state index >= 15 is 0 Å². The quantitative estimate of drug-likeness (QED) is 0.625. The molecule has 1 aliphatic carbocycles. The Balaban J connectivity index is 1.78. The van der Waals surface area contributed by atoms with E-state index in [1.807, 2.05) is 60.7 Å². The van der Waals surface area contributed by atoms with E-state index in [1.165, 1.54) is 7.11 Å². The smallest absolute Gasteiger partial charge is 0.407 e. The highest BCUT2D eigenvalue weighted by molar-refractivity contribution is 5.67. The molecule has 0 unspecified atom stereocenters. The number of carbonyl (C=O) groups excluding carboxylic acids is 1. The number of ether oxygens (including phenoxy) is 3. The number of hydrogen-bond donors (Lipinski definition) is 3. The Kier molecular flexibility index (Phi) is 7.60. The molecule has 1 saturated carbocycles. The van der Waals surface area contributed by atoms with Crippen molar-refractivity contribution >= 4 is 6.09 Å². The van der Waals surface area contributed by atoms with Crippen molar-refractivity contribution in [2.45, 2.75) is 37.6 Å². The molecule has 3 N–H and O–H groups in total. The van der Waals surface area contributed by atoms with Gasteiger partial charge in [-0.1, -0.05) is 60.7 Å². The van der Waals surface area contributed by atoms with Crippen molar-refractivity contribution in [1.82, 2.24) is 5.32 Å². The fourth-order valence-corrected chi connectivity index (χ4v) is 3.63. The van der Waals surface area contributed by atoms with E-state index in [9.17, 15) is 15.0 Å². The van der Waals surface area contributed by atoms with Gasteiger partial charge in [0, 0.05) is 5.92 Å². The summed E-state index contributed by atoms with van der Waals surface area (Å²) in [4.78, 5) is 11.8. The summed E-state index contributed by atoms with van der Waals surface area (Å²) in [6, 6.07) is 18.4. The predicted molar refractivity (Wildman–Crippen MR) is 106 cm³/mol. The van der Waals surface area contributed by atoms with Gasteiger partial charge >= 0.3 is 6.09 Å². The monoisotopic (exact) mass is 401 g/mol. The first-order valence-corrected chi connectivity index (χ1v) is 9.58. The summed E-state index contributed by atoms with van der Waals surface area (Å²) in [6.07, 6.45) is -2.99. The number of methoxy groups -OCH3 is 1. The summed E-state index contributed by atoms with van der Waals surface area (Å²) in [5.74, 6) is -0.610. The molecule has 1 amide bonds. The fourth-order valence-electron chi connectivity index (χ4n) is 3.63. The first-order valence-electron chi connectivity index (χ1n) is 9.58. The molecule has 0 spiro atoms. The van der Waals surface area contributed by atoms with Gasteiger partial charge in [-0.3, -0.25) is 0 Å². The molecule has 2 aromatic rings. The predicted octanol–water partition coefficient (Wildman–Crippen LogP) is 1.86. The first-order chi connectivity index (χ1) is 14.1. The van der Waals surface area contributed by atoms with Crippen molar-refractivity contribution in [3.63, 3.8) is 0 Å². The van der Waals surface area contributed by atoms with Crippen LogP contribution in [0.1, 0.15) is 11.1 Å². The number of rotatable bonds is 8. The van der Waals surface area contributed by atoms with Gasteiger partial charge in [0.05, 0.1) is 45.2 Å². The van der Waals surface area contributed by atoms with E-state index in [1.54, 1.807) is 0 Å². The molecule has 0 bridgehead atoms. The maximum absolute atomic E-state index is 11.8. The molecule has 2 aromatic carbocycles. The van der Waals surface area contributed by atoms with Gasteiger partial charge in [-0.2, -0.15) is 0 Å². The average molecular weight is 401 g/mol. The highest BCUT2D eigenvalue weighted by Gasteiger charge is 2.52. The van der Waals surface area contributed by atoms with Crippen molar-refractivity contribution in [2.24, 2.45) is 5.92 Å². The zero-order chi connectivity index (χ0) is 20.6. The standard InChI is InChI=1S/C22H27NO6/c1-27-22(26)23-18-19(25)17(12-24)20(28-13-15-8-4-2-5-9-15)21(18)29-14-16-10-6-3-7-11-16/h2-11,17-21,24-25H,12-14H2,1H3,(H,23,26)/t17-,18-,19+,20+,21+/m0/s1. The SMILES string of the molecule is COC(=O)N[C@H]1[C@H](O)[C@H](CO)[C@@H](OCc2ccccc2)[C@@H]1OCc1ccccc1. The molecular weight excluding hydrogens is 374 g/mol. The van der Waals surface area contributed by atoms with Crippen molar-refractivity contribution in [2.75, 3.05) is 13.7 Å². The summed E-state index contributed by atoms with van der Waals surface area (Å²) >= 11 is 0. The topological polar surface area (TPSA) is 97.3 Å². The average Bonchev–Trinajstić information content (AvgIpc) is 3.02. The Labute approximate surface area is 170 Å². The van der Waals surface area contributed by atoms with E-state index in [2.05, 4.69) is 10.1 Å². The molecule has 0 saturated heterocycles. The van der Waals surface area contributed by atoms with E-state index in [0.717, 1.165) is 11.1 Å². The largest absolute Gasteiger partial charge is 0.453 e. The van der Waals surface area contributed by atoms with Gasteiger partial charge in [0.25, 0.3) is 0 Å². The van der Waals surface area contributed by atoms with Gasteiger partial charge in [0.15, 0.2) is 0 Å². The molecular formula is C22H27NO6. The van der Waals surface area contributed by atoms with Crippen molar-refractivity contribution in [3.8, 4) is 0 Å². The summed E-state index contributed by atoms with van der Waals surface area (Å²) in [5.41, 5.74) is 1.91. The lowest BCUT2D eigenvalue weighted by molar-refractivity contribution is -0.0960. The minimum atomic E-state index is -1.04. The van der Waals surface area contributed by atoms with Gasteiger partial charge < -0.3 is 29.7 Å². The van der Waals surface area contributed by atoms with Crippen molar-refractivity contribution in [1.29, 1.82) is 0 Å². The third-order valence-electron chi connectivity index (χ3n) is 5.16. The van der Waals surface area contributed by atoms with Gasteiger partial charge in [0.1, 0.15) is 6.10 Å². The number of benzene rings is 2. The van der Waals surface area contributed by atoms with Crippen LogP contribution in [-0.2, 0) is 27.4 Å². The van der Waals surface area contributed by atoms with Crippen LogP contribution in [-0.4, -0.2) is 54.4 Å². The minimum absolute atomic E-state index is 0.279. The van der Waals surface area contributed by atoms with E-state index < -0.39 is 36.4 Å². The van der Waals surface area contributed by atoms with Crippen molar-refractivity contribution in [3.05, 3.63) is 71.8 Å². The van der Waals surface area contributed by atoms with Crippen LogP contribution in [0.25, 0.3) is 0 Å². The Bertz CT molecular complexity index is 756. The number of amides is 1. The van der Waals surface area contributed by atoms with E-state index in [-0.39, 0.29) is 13.2 Å². The van der Waals surface area contributed by atoms with Crippen LogP contribution in [0, 0.1) is 5.92 Å². The van der Waals surface area contributed by atoms with Crippen LogP contribution < -0.4 is 5.32 Å². The second-order valence-electron chi connectivity index (χ2n) is 7.02. The van der Waals surface area contributed by atoms with Crippen LogP contribution in [0.3, 0.4) is 0 Å². The van der Waals surface area contributed by atoms with Crippen LogP contribution in [0.15, 0.2) is 60.7 Å². The van der Waals surface area contributed by atoms with E-state index in [4.69, 9.17) is 9.47 Å². The van der Waals surface area contributed by atoms with E-state index in [0.29, 0.717) is 6.61 Å².